The van der Waals surface area contributed by atoms with Crippen LogP contribution in [0.15, 0.2) is 29.9 Å². The van der Waals surface area contributed by atoms with Gasteiger partial charge in [0, 0.05) is 70.5 Å². The van der Waals surface area contributed by atoms with Gasteiger partial charge in [0.05, 0.1) is 11.6 Å². The van der Waals surface area contributed by atoms with E-state index in [1.165, 1.54) is 10.4 Å². The van der Waals surface area contributed by atoms with Crippen molar-refractivity contribution in [2.24, 2.45) is 18.4 Å². The lowest BCUT2D eigenvalue weighted by molar-refractivity contribution is -0.141. The van der Waals surface area contributed by atoms with Gasteiger partial charge in [0.25, 0.3) is 0 Å². The number of likely N-dealkylation sites (tertiary alicyclic amines) is 2. The van der Waals surface area contributed by atoms with E-state index in [0.29, 0.717) is 11.8 Å². The van der Waals surface area contributed by atoms with E-state index in [1.54, 1.807) is 0 Å². The number of aromatic nitrogens is 2. The van der Waals surface area contributed by atoms with Crippen molar-refractivity contribution in [3.63, 3.8) is 0 Å². The third kappa shape index (κ3) is 3.88. The molecule has 4 rings (SSSR count). The Bertz CT molecular complexity index is 802. The predicted octanol–water partition coefficient (Wildman–Crippen LogP) is 2.28. The van der Waals surface area contributed by atoms with Gasteiger partial charge in [0.1, 0.15) is 0 Å². The molecular formula is C21H31N5OS. The van der Waals surface area contributed by atoms with E-state index in [-0.39, 0.29) is 5.41 Å². The molecule has 6 nitrogen and oxygen atoms in total. The van der Waals surface area contributed by atoms with Crippen LogP contribution in [0.1, 0.15) is 23.3 Å². The first kappa shape index (κ1) is 19.6. The van der Waals surface area contributed by atoms with Crippen molar-refractivity contribution < 1.29 is 4.79 Å². The molecule has 0 saturated carbocycles. The average molecular weight is 402 g/mol. The molecular weight excluding hydrogens is 370 g/mol. The summed E-state index contributed by atoms with van der Waals surface area (Å²) < 4.78 is 1.85. The highest BCUT2D eigenvalue weighted by Crippen LogP contribution is 2.44. The molecule has 2 aliphatic heterocycles. The van der Waals surface area contributed by atoms with Gasteiger partial charge in [0.2, 0.25) is 5.91 Å². The van der Waals surface area contributed by atoms with Gasteiger partial charge in [-0.15, -0.1) is 11.3 Å². The molecule has 0 aliphatic carbocycles. The number of nitrogens with zero attached hydrogens (tertiary/aromatic N) is 5. The number of hydrogen-bond acceptors (Lipinski definition) is 5. The number of rotatable bonds is 5. The van der Waals surface area contributed by atoms with Crippen LogP contribution in [0.25, 0.3) is 0 Å². The first-order valence-electron chi connectivity index (χ1n) is 10.1. The van der Waals surface area contributed by atoms with Crippen LogP contribution in [0.2, 0.25) is 0 Å². The molecule has 2 aliphatic rings. The number of amides is 1. The lowest BCUT2D eigenvalue weighted by atomic mass is 9.74. The molecule has 0 aromatic carbocycles. The summed E-state index contributed by atoms with van der Waals surface area (Å²) in [6.45, 7) is 5.80. The zero-order chi connectivity index (χ0) is 19.7. The standard InChI is InChI=1S/C21H31N5OS/c1-23(2)20(27)21-7-5-8-25(15-19-6-4-9-28-19)13-18(21)14-26(16-21)12-17-10-22-24(3)11-17/h4,6,9-11,18H,5,7-8,12-16H2,1-3H3/t18-,21-/m0/s1. The molecule has 0 radical (unpaired) electrons. The zero-order valence-corrected chi connectivity index (χ0v) is 18.0. The maximum atomic E-state index is 13.3. The number of fused-ring (bicyclic) bond motifs is 1. The van der Waals surface area contributed by atoms with Gasteiger partial charge in [-0.1, -0.05) is 6.07 Å². The Kier molecular flexibility index (Phi) is 5.58. The van der Waals surface area contributed by atoms with E-state index in [9.17, 15) is 4.79 Å². The van der Waals surface area contributed by atoms with Crippen molar-refractivity contribution in [1.29, 1.82) is 0 Å². The number of carbonyl (C=O) groups is 1. The quantitative estimate of drug-likeness (QED) is 0.771. The summed E-state index contributed by atoms with van der Waals surface area (Å²) in [5, 5.41) is 6.46. The minimum absolute atomic E-state index is 0.254. The highest BCUT2D eigenvalue weighted by molar-refractivity contribution is 7.09. The number of aryl methyl sites for hydroxylation is 1. The molecule has 0 N–H and O–H groups in total. The van der Waals surface area contributed by atoms with Crippen molar-refractivity contribution >= 4 is 17.2 Å². The summed E-state index contributed by atoms with van der Waals surface area (Å²) in [6, 6.07) is 4.35. The molecule has 2 aromatic rings. The van der Waals surface area contributed by atoms with Crippen LogP contribution in [0.3, 0.4) is 0 Å². The smallest absolute Gasteiger partial charge is 0.229 e. The summed E-state index contributed by atoms with van der Waals surface area (Å²) in [5.74, 6) is 0.686. The first-order valence-corrected chi connectivity index (χ1v) is 11.0. The normalized spacial score (nSPS) is 26.2. The van der Waals surface area contributed by atoms with E-state index >= 15 is 0 Å². The second kappa shape index (κ2) is 7.97. The van der Waals surface area contributed by atoms with E-state index in [4.69, 9.17) is 0 Å². The fourth-order valence-corrected chi connectivity index (χ4v) is 5.86. The van der Waals surface area contributed by atoms with E-state index in [2.05, 4.69) is 38.6 Å². The highest BCUT2D eigenvalue weighted by atomic mass is 32.1. The van der Waals surface area contributed by atoms with Crippen LogP contribution in [-0.4, -0.2) is 70.7 Å². The Morgan fingerprint density at radius 3 is 2.82 bits per heavy atom. The van der Waals surface area contributed by atoms with Crippen LogP contribution in [-0.2, 0) is 24.9 Å². The largest absolute Gasteiger partial charge is 0.348 e. The topological polar surface area (TPSA) is 44.6 Å². The SMILES string of the molecule is CN(C)C(=O)[C@]12CCCN(Cc3cccs3)C[C@H]1CN(Cc1cnn(C)c1)C2. The summed E-state index contributed by atoms with van der Waals surface area (Å²) in [6.07, 6.45) is 6.09. The summed E-state index contributed by atoms with van der Waals surface area (Å²) in [5.41, 5.74) is 0.970. The monoisotopic (exact) mass is 401 g/mol. The Labute approximate surface area is 171 Å². The van der Waals surface area contributed by atoms with Gasteiger partial charge in [-0.05, 0) is 36.8 Å². The third-order valence-electron chi connectivity index (χ3n) is 6.30. The molecule has 7 heteroatoms. The van der Waals surface area contributed by atoms with Crippen molar-refractivity contribution in [1.82, 2.24) is 24.5 Å². The van der Waals surface area contributed by atoms with Crippen LogP contribution in [0.5, 0.6) is 0 Å². The van der Waals surface area contributed by atoms with E-state index in [1.807, 2.05) is 48.3 Å². The molecule has 0 spiro atoms. The summed E-state index contributed by atoms with van der Waals surface area (Å²) in [7, 11) is 5.77. The maximum absolute atomic E-state index is 13.3. The van der Waals surface area contributed by atoms with Gasteiger partial charge in [-0.2, -0.15) is 5.10 Å². The molecule has 2 atom stereocenters. The summed E-state index contributed by atoms with van der Waals surface area (Å²) in [4.78, 5) is 21.6. The zero-order valence-electron chi connectivity index (χ0n) is 17.2. The predicted molar refractivity (Wildman–Crippen MR) is 112 cm³/mol. The van der Waals surface area contributed by atoms with Gasteiger partial charge < -0.3 is 4.90 Å². The lowest BCUT2D eigenvalue weighted by Gasteiger charge is -2.35. The molecule has 2 saturated heterocycles. The Hall–Kier alpha value is -1.70. The Balaban J connectivity index is 1.54. The van der Waals surface area contributed by atoms with Crippen molar-refractivity contribution in [3.05, 3.63) is 40.3 Å². The Morgan fingerprint density at radius 2 is 2.14 bits per heavy atom. The molecule has 4 heterocycles. The summed E-state index contributed by atoms with van der Waals surface area (Å²) >= 11 is 1.83. The lowest BCUT2D eigenvalue weighted by Crippen LogP contribution is -2.47. The Morgan fingerprint density at radius 1 is 1.32 bits per heavy atom. The highest BCUT2D eigenvalue weighted by Gasteiger charge is 2.53. The van der Waals surface area contributed by atoms with Gasteiger partial charge in [-0.3, -0.25) is 19.3 Å². The van der Waals surface area contributed by atoms with Gasteiger partial charge in [-0.25, -0.2) is 0 Å². The van der Waals surface area contributed by atoms with Crippen LogP contribution in [0.4, 0.5) is 0 Å². The van der Waals surface area contributed by atoms with E-state index < -0.39 is 0 Å². The number of thiophene rings is 1. The van der Waals surface area contributed by atoms with Crippen molar-refractivity contribution in [2.45, 2.75) is 25.9 Å². The molecule has 28 heavy (non-hydrogen) atoms. The third-order valence-corrected chi connectivity index (χ3v) is 7.16. The second-order valence-corrected chi connectivity index (χ2v) is 9.69. The fraction of sp³-hybridized carbons (Fsp3) is 0.619. The molecule has 2 aromatic heterocycles. The molecule has 1 amide bonds. The average Bonchev–Trinajstić information content (AvgIpc) is 3.35. The number of hydrogen-bond donors (Lipinski definition) is 0. The molecule has 0 unspecified atom stereocenters. The minimum atomic E-state index is -0.254. The van der Waals surface area contributed by atoms with Gasteiger partial charge >= 0.3 is 0 Å². The van der Waals surface area contributed by atoms with Gasteiger partial charge in [0.15, 0.2) is 0 Å². The van der Waals surface area contributed by atoms with E-state index in [0.717, 1.165) is 52.1 Å². The molecule has 0 bridgehead atoms. The second-order valence-electron chi connectivity index (χ2n) is 8.66. The van der Waals surface area contributed by atoms with Crippen LogP contribution >= 0.6 is 11.3 Å². The number of carbonyl (C=O) groups excluding carboxylic acids is 1. The first-order chi connectivity index (χ1) is 13.5. The maximum Gasteiger partial charge on any atom is 0.229 e. The molecule has 2 fully saturated rings. The van der Waals surface area contributed by atoms with Crippen LogP contribution < -0.4 is 0 Å². The fourth-order valence-electron chi connectivity index (χ4n) is 5.11. The van der Waals surface area contributed by atoms with Crippen molar-refractivity contribution in [2.75, 3.05) is 40.3 Å². The van der Waals surface area contributed by atoms with Crippen LogP contribution in [0, 0.1) is 11.3 Å². The minimum Gasteiger partial charge on any atom is -0.348 e. The molecule has 152 valence electrons. The van der Waals surface area contributed by atoms with Crippen molar-refractivity contribution in [3.8, 4) is 0 Å².